The second-order valence-electron chi connectivity index (χ2n) is 4.70. The lowest BCUT2D eigenvalue weighted by Crippen LogP contribution is -2.45. The molecule has 0 aromatic heterocycles. The molecule has 1 atom stereocenters. The Hall–Kier alpha value is -1.55. The first-order valence-corrected chi connectivity index (χ1v) is 5.34. The van der Waals surface area contributed by atoms with E-state index in [1.165, 1.54) is 27.9 Å². The summed E-state index contributed by atoms with van der Waals surface area (Å²) in [4.78, 5) is 11.2. The van der Waals surface area contributed by atoms with Gasteiger partial charge >= 0.3 is 5.97 Å². The van der Waals surface area contributed by atoms with Crippen LogP contribution in [0.15, 0.2) is 24.3 Å². The summed E-state index contributed by atoms with van der Waals surface area (Å²) in [6, 6.07) is 6.88. The molecule has 0 aliphatic heterocycles. The molecule has 1 aromatic carbocycles. The topological polar surface area (TPSA) is 66.8 Å². The summed E-state index contributed by atoms with van der Waals surface area (Å²) in [5, 5.41) is 19.7. The molecule has 1 unspecified atom stereocenters. The van der Waals surface area contributed by atoms with Crippen LogP contribution >= 0.6 is 0 Å². The van der Waals surface area contributed by atoms with Gasteiger partial charge in [-0.1, -0.05) is 18.2 Å². The summed E-state index contributed by atoms with van der Waals surface area (Å²) in [6.07, 6.45) is 0. The normalized spacial score (nSPS) is 15.1. The highest BCUT2D eigenvalue weighted by Crippen LogP contribution is 2.43. The van der Waals surface area contributed by atoms with E-state index in [4.69, 9.17) is 4.74 Å². The van der Waals surface area contributed by atoms with E-state index in [1.807, 2.05) is 0 Å². The van der Waals surface area contributed by atoms with E-state index in [9.17, 15) is 15.0 Å². The number of carboxylic acids is 1. The van der Waals surface area contributed by atoms with Gasteiger partial charge in [0.15, 0.2) is 0 Å². The molecule has 2 N–H and O–H groups in total. The summed E-state index contributed by atoms with van der Waals surface area (Å²) in [7, 11) is 1.49. The van der Waals surface area contributed by atoms with E-state index >= 15 is 0 Å². The fraction of sp³-hybridized carbons (Fsp3) is 0.462. The largest absolute Gasteiger partial charge is 0.496 e. The van der Waals surface area contributed by atoms with Gasteiger partial charge in [-0.15, -0.1) is 0 Å². The molecule has 1 aromatic rings. The summed E-state index contributed by atoms with van der Waals surface area (Å²) in [5.74, 6) is -0.583. The molecule has 0 amide bonds. The molecule has 0 heterocycles. The van der Waals surface area contributed by atoms with E-state index in [1.54, 1.807) is 24.3 Å². The molecule has 94 valence electrons. The third-order valence-corrected chi connectivity index (χ3v) is 3.38. The molecule has 0 aliphatic carbocycles. The number of hydrogen-bond acceptors (Lipinski definition) is 3. The molecule has 4 nitrogen and oxygen atoms in total. The lowest BCUT2D eigenvalue weighted by Gasteiger charge is -2.37. The predicted molar refractivity (Wildman–Crippen MR) is 64.0 cm³/mol. The van der Waals surface area contributed by atoms with Crippen molar-refractivity contribution in [2.75, 3.05) is 7.11 Å². The summed E-state index contributed by atoms with van der Waals surface area (Å²) in [6.45, 7) is 4.46. The smallest absolute Gasteiger partial charge is 0.312 e. The van der Waals surface area contributed by atoms with Crippen LogP contribution in [-0.2, 0) is 10.4 Å². The third kappa shape index (κ3) is 2.13. The third-order valence-electron chi connectivity index (χ3n) is 3.38. The quantitative estimate of drug-likeness (QED) is 0.842. The minimum atomic E-state index is -1.52. The number of carboxylic acid groups (broad SMARTS) is 1. The lowest BCUT2D eigenvalue weighted by molar-refractivity contribution is -0.164. The van der Waals surface area contributed by atoms with Crippen LogP contribution < -0.4 is 4.74 Å². The van der Waals surface area contributed by atoms with Crippen molar-refractivity contribution in [3.63, 3.8) is 0 Å². The SMILES string of the molecule is COc1ccccc1C(C)(O)C(C)(C)C(=O)O. The highest BCUT2D eigenvalue weighted by molar-refractivity contribution is 5.76. The number of aliphatic carboxylic acids is 1. The Kier molecular flexibility index (Phi) is 3.48. The molecular weight excluding hydrogens is 220 g/mol. The highest BCUT2D eigenvalue weighted by atomic mass is 16.5. The first kappa shape index (κ1) is 13.5. The van der Waals surface area contributed by atoms with Gasteiger partial charge in [-0.25, -0.2) is 0 Å². The van der Waals surface area contributed by atoms with Crippen molar-refractivity contribution < 1.29 is 19.7 Å². The number of aliphatic hydroxyl groups is 1. The molecule has 0 bridgehead atoms. The summed E-state index contributed by atoms with van der Waals surface area (Å²) < 4.78 is 5.15. The summed E-state index contributed by atoms with van der Waals surface area (Å²) >= 11 is 0. The average molecular weight is 238 g/mol. The van der Waals surface area contributed by atoms with Gasteiger partial charge in [0.1, 0.15) is 11.4 Å². The van der Waals surface area contributed by atoms with Gasteiger partial charge in [0.05, 0.1) is 12.5 Å². The van der Waals surface area contributed by atoms with Crippen LogP contribution in [-0.4, -0.2) is 23.3 Å². The van der Waals surface area contributed by atoms with Crippen molar-refractivity contribution >= 4 is 5.97 Å². The Morgan fingerprint density at radius 2 is 1.76 bits per heavy atom. The van der Waals surface area contributed by atoms with Crippen LogP contribution in [0.2, 0.25) is 0 Å². The first-order chi connectivity index (χ1) is 7.75. The number of carbonyl (C=O) groups is 1. The van der Waals surface area contributed by atoms with Crippen molar-refractivity contribution in [2.24, 2.45) is 5.41 Å². The van der Waals surface area contributed by atoms with Gasteiger partial charge in [-0.05, 0) is 26.8 Å². The Balaban J connectivity index is 3.35. The Morgan fingerprint density at radius 1 is 1.24 bits per heavy atom. The second-order valence-corrected chi connectivity index (χ2v) is 4.70. The maximum atomic E-state index is 11.2. The summed E-state index contributed by atoms with van der Waals surface area (Å²) in [5.41, 5.74) is -2.37. The maximum Gasteiger partial charge on any atom is 0.312 e. The van der Waals surface area contributed by atoms with Crippen LogP contribution in [0.3, 0.4) is 0 Å². The zero-order valence-electron chi connectivity index (χ0n) is 10.5. The monoisotopic (exact) mass is 238 g/mol. The molecular formula is C13H18O4. The first-order valence-electron chi connectivity index (χ1n) is 5.34. The minimum absolute atomic E-state index is 0.468. The Morgan fingerprint density at radius 3 is 2.24 bits per heavy atom. The van der Waals surface area contributed by atoms with Crippen LogP contribution in [0.1, 0.15) is 26.3 Å². The average Bonchev–Trinajstić information content (AvgIpc) is 2.28. The van der Waals surface area contributed by atoms with Crippen molar-refractivity contribution in [1.82, 2.24) is 0 Å². The van der Waals surface area contributed by atoms with Gasteiger partial charge in [0.2, 0.25) is 0 Å². The Labute approximate surface area is 101 Å². The van der Waals surface area contributed by atoms with Crippen LogP contribution in [0.5, 0.6) is 5.75 Å². The van der Waals surface area contributed by atoms with E-state index < -0.39 is 17.0 Å². The number of para-hydroxylation sites is 1. The van der Waals surface area contributed by atoms with Gasteiger partial charge in [-0.3, -0.25) is 4.79 Å². The number of hydrogen-bond donors (Lipinski definition) is 2. The standard InChI is InChI=1S/C13H18O4/c1-12(2,11(14)15)13(3,16)9-7-5-6-8-10(9)17-4/h5-8,16H,1-4H3,(H,14,15). The number of ether oxygens (including phenoxy) is 1. The van der Waals surface area contributed by atoms with E-state index in [2.05, 4.69) is 0 Å². The minimum Gasteiger partial charge on any atom is -0.496 e. The van der Waals surface area contributed by atoms with E-state index in [-0.39, 0.29) is 0 Å². The van der Waals surface area contributed by atoms with Crippen molar-refractivity contribution in [1.29, 1.82) is 0 Å². The van der Waals surface area contributed by atoms with Crippen molar-refractivity contribution in [2.45, 2.75) is 26.4 Å². The maximum absolute atomic E-state index is 11.2. The zero-order chi connectivity index (χ0) is 13.3. The molecule has 1 rings (SSSR count). The van der Waals surface area contributed by atoms with Crippen LogP contribution in [0.25, 0.3) is 0 Å². The van der Waals surface area contributed by atoms with Crippen LogP contribution in [0.4, 0.5) is 0 Å². The molecule has 0 fully saturated rings. The van der Waals surface area contributed by atoms with Crippen molar-refractivity contribution in [3.05, 3.63) is 29.8 Å². The number of methoxy groups -OCH3 is 1. The highest BCUT2D eigenvalue weighted by Gasteiger charge is 2.48. The van der Waals surface area contributed by atoms with E-state index in [0.29, 0.717) is 11.3 Å². The van der Waals surface area contributed by atoms with Crippen molar-refractivity contribution in [3.8, 4) is 5.75 Å². The number of rotatable bonds is 4. The van der Waals surface area contributed by atoms with Gasteiger partial charge in [-0.2, -0.15) is 0 Å². The molecule has 0 radical (unpaired) electrons. The zero-order valence-corrected chi connectivity index (χ0v) is 10.5. The van der Waals surface area contributed by atoms with Gasteiger partial charge in [0.25, 0.3) is 0 Å². The van der Waals surface area contributed by atoms with Gasteiger partial charge < -0.3 is 14.9 Å². The van der Waals surface area contributed by atoms with E-state index in [0.717, 1.165) is 0 Å². The number of benzene rings is 1. The van der Waals surface area contributed by atoms with Gasteiger partial charge in [0, 0.05) is 5.56 Å². The van der Waals surface area contributed by atoms with Crippen LogP contribution in [0, 0.1) is 5.41 Å². The molecule has 0 saturated heterocycles. The molecule has 0 saturated carbocycles. The molecule has 0 aliphatic rings. The second kappa shape index (κ2) is 4.37. The molecule has 4 heteroatoms. The molecule has 0 spiro atoms. The fourth-order valence-corrected chi connectivity index (χ4v) is 1.59. The predicted octanol–water partition coefficient (Wildman–Crippen LogP) is 2.01. The molecule has 17 heavy (non-hydrogen) atoms. The lowest BCUT2D eigenvalue weighted by atomic mass is 9.72. The Bertz CT molecular complexity index is 421. The fourth-order valence-electron chi connectivity index (χ4n) is 1.59.